The zero-order chi connectivity index (χ0) is 11.7. The highest BCUT2D eigenvalue weighted by Crippen LogP contribution is 1.88. The summed E-state index contributed by atoms with van der Waals surface area (Å²) in [7, 11) is 5.82. The van der Waals surface area contributed by atoms with Gasteiger partial charge in [-0.15, -0.1) is 0 Å². The molecule has 0 aromatic heterocycles. The number of nitrogens with zero attached hydrogens (tertiary/aromatic N) is 1. The van der Waals surface area contributed by atoms with Gasteiger partial charge in [-0.1, -0.05) is 0 Å². The van der Waals surface area contributed by atoms with Crippen molar-refractivity contribution in [2.75, 3.05) is 40.9 Å². The molecule has 0 aliphatic carbocycles. The Hall–Kier alpha value is -0.390. The first-order valence-corrected chi connectivity index (χ1v) is 5.65. The van der Waals surface area contributed by atoms with E-state index >= 15 is 0 Å². The number of hydrogen-bond acceptors (Lipinski definition) is 3. The lowest BCUT2D eigenvalue weighted by Crippen LogP contribution is -2.43. The minimum Gasteiger partial charge on any atom is -0.385 e. The van der Waals surface area contributed by atoms with Crippen LogP contribution in [-0.2, 0) is 4.74 Å². The van der Waals surface area contributed by atoms with E-state index in [0.29, 0.717) is 6.04 Å². The molecule has 0 aromatic carbocycles. The van der Waals surface area contributed by atoms with Crippen LogP contribution in [0.2, 0.25) is 0 Å². The molecule has 15 heavy (non-hydrogen) atoms. The average Bonchev–Trinajstić information content (AvgIpc) is 2.20. The first-order valence-electron chi connectivity index (χ1n) is 5.25. The van der Waals surface area contributed by atoms with Crippen molar-refractivity contribution in [1.82, 2.24) is 15.5 Å². The molecule has 0 aliphatic rings. The third-order valence-electron chi connectivity index (χ3n) is 2.25. The Morgan fingerprint density at radius 3 is 2.60 bits per heavy atom. The summed E-state index contributed by atoms with van der Waals surface area (Å²) in [5, 5.41) is 7.03. The van der Waals surface area contributed by atoms with Crippen molar-refractivity contribution in [2.45, 2.75) is 19.4 Å². The van der Waals surface area contributed by atoms with Gasteiger partial charge in [0.1, 0.15) is 0 Å². The number of nitrogens with one attached hydrogen (secondary N) is 2. The third-order valence-corrected chi connectivity index (χ3v) is 2.54. The van der Waals surface area contributed by atoms with Crippen LogP contribution in [0, 0.1) is 0 Å². The fourth-order valence-corrected chi connectivity index (χ4v) is 1.09. The molecule has 0 radical (unpaired) electrons. The number of ether oxygens (including phenoxy) is 1. The van der Waals surface area contributed by atoms with Gasteiger partial charge in [-0.2, -0.15) is 0 Å². The van der Waals surface area contributed by atoms with Crippen LogP contribution in [0.1, 0.15) is 13.3 Å². The summed E-state index contributed by atoms with van der Waals surface area (Å²) < 4.78 is 4.94. The molecule has 2 N–H and O–H groups in total. The molecule has 0 saturated carbocycles. The van der Waals surface area contributed by atoms with Crippen LogP contribution in [0.25, 0.3) is 0 Å². The highest BCUT2D eigenvalue weighted by atomic mass is 32.1. The first kappa shape index (κ1) is 14.6. The molecular formula is C10H23N3OS. The van der Waals surface area contributed by atoms with E-state index in [9.17, 15) is 0 Å². The van der Waals surface area contributed by atoms with Crippen molar-refractivity contribution in [3.63, 3.8) is 0 Å². The van der Waals surface area contributed by atoms with E-state index < -0.39 is 0 Å². The van der Waals surface area contributed by atoms with E-state index in [1.807, 2.05) is 0 Å². The number of methoxy groups -OCH3 is 1. The topological polar surface area (TPSA) is 36.5 Å². The van der Waals surface area contributed by atoms with Gasteiger partial charge < -0.3 is 20.3 Å². The van der Waals surface area contributed by atoms with Crippen LogP contribution in [0.4, 0.5) is 0 Å². The number of likely N-dealkylation sites (N-methyl/N-ethyl adjacent to an activating group) is 1. The second-order valence-corrected chi connectivity index (χ2v) is 4.20. The standard InChI is InChI=1S/C10H23N3OS/c1-9(13(2)3)8-12-10(15)11-6-5-7-14-4/h9H,5-8H2,1-4H3,(H2,11,12,15). The van der Waals surface area contributed by atoms with E-state index in [1.54, 1.807) is 7.11 Å². The smallest absolute Gasteiger partial charge is 0.166 e. The van der Waals surface area contributed by atoms with Crippen molar-refractivity contribution in [2.24, 2.45) is 0 Å². The number of hydrogen-bond donors (Lipinski definition) is 2. The van der Waals surface area contributed by atoms with Crippen LogP contribution in [0.3, 0.4) is 0 Å². The lowest BCUT2D eigenvalue weighted by atomic mass is 10.3. The van der Waals surface area contributed by atoms with Crippen LogP contribution in [0.5, 0.6) is 0 Å². The van der Waals surface area contributed by atoms with Gasteiger partial charge in [-0.3, -0.25) is 0 Å². The van der Waals surface area contributed by atoms with E-state index in [-0.39, 0.29) is 0 Å². The SMILES string of the molecule is COCCCNC(=S)NCC(C)N(C)C. The predicted octanol–water partition coefficient (Wildman–Crippen LogP) is 0.437. The van der Waals surface area contributed by atoms with Crippen molar-refractivity contribution in [1.29, 1.82) is 0 Å². The van der Waals surface area contributed by atoms with Crippen molar-refractivity contribution >= 4 is 17.3 Å². The molecule has 0 fully saturated rings. The highest BCUT2D eigenvalue weighted by Gasteiger charge is 2.04. The molecule has 0 amide bonds. The Bertz CT molecular complexity index is 176. The zero-order valence-corrected chi connectivity index (χ0v) is 11.0. The highest BCUT2D eigenvalue weighted by molar-refractivity contribution is 7.80. The lowest BCUT2D eigenvalue weighted by Gasteiger charge is -2.21. The maximum Gasteiger partial charge on any atom is 0.166 e. The molecule has 0 saturated heterocycles. The Labute approximate surface area is 98.4 Å². The molecule has 0 bridgehead atoms. The molecule has 5 heteroatoms. The van der Waals surface area contributed by atoms with Gasteiger partial charge in [-0.05, 0) is 39.7 Å². The molecule has 4 nitrogen and oxygen atoms in total. The molecule has 1 atom stereocenters. The maximum atomic E-state index is 5.13. The molecular weight excluding hydrogens is 210 g/mol. The maximum absolute atomic E-state index is 5.13. The summed E-state index contributed by atoms with van der Waals surface area (Å²) >= 11 is 5.13. The van der Waals surface area contributed by atoms with Crippen molar-refractivity contribution < 1.29 is 4.74 Å². The Morgan fingerprint density at radius 1 is 1.40 bits per heavy atom. The summed E-state index contributed by atoms with van der Waals surface area (Å²) in [5.74, 6) is 0. The lowest BCUT2D eigenvalue weighted by molar-refractivity contribution is 0.195. The third kappa shape index (κ3) is 8.59. The average molecular weight is 233 g/mol. The Balaban J connectivity index is 3.41. The van der Waals surface area contributed by atoms with E-state index in [4.69, 9.17) is 17.0 Å². The molecule has 0 spiro atoms. The van der Waals surface area contributed by atoms with Gasteiger partial charge >= 0.3 is 0 Å². The largest absolute Gasteiger partial charge is 0.385 e. The first-order chi connectivity index (χ1) is 7.07. The number of thiocarbonyl (C=S) groups is 1. The van der Waals surface area contributed by atoms with Gasteiger partial charge in [0, 0.05) is 32.8 Å². The van der Waals surface area contributed by atoms with Gasteiger partial charge in [0.25, 0.3) is 0 Å². The fourth-order valence-electron chi connectivity index (χ4n) is 0.904. The molecule has 90 valence electrons. The van der Waals surface area contributed by atoms with Gasteiger partial charge in [0.15, 0.2) is 5.11 Å². The number of rotatable bonds is 7. The summed E-state index contributed by atoms with van der Waals surface area (Å²) in [4.78, 5) is 2.15. The molecule has 1 unspecified atom stereocenters. The van der Waals surface area contributed by atoms with Gasteiger partial charge in [0.05, 0.1) is 0 Å². The Kier molecular flexibility index (Phi) is 8.65. The van der Waals surface area contributed by atoms with Gasteiger partial charge in [-0.25, -0.2) is 0 Å². The van der Waals surface area contributed by atoms with Gasteiger partial charge in [0.2, 0.25) is 0 Å². The quantitative estimate of drug-likeness (QED) is 0.493. The minimum absolute atomic E-state index is 0.476. The molecule has 0 rings (SSSR count). The molecule has 0 aliphatic heterocycles. The summed E-state index contributed by atoms with van der Waals surface area (Å²) in [5.41, 5.74) is 0. The van der Waals surface area contributed by atoms with Crippen LogP contribution >= 0.6 is 12.2 Å². The van der Waals surface area contributed by atoms with E-state index in [1.165, 1.54) is 0 Å². The van der Waals surface area contributed by atoms with E-state index in [0.717, 1.165) is 31.2 Å². The molecule has 0 aromatic rings. The van der Waals surface area contributed by atoms with Crippen molar-refractivity contribution in [3.05, 3.63) is 0 Å². The van der Waals surface area contributed by atoms with Crippen LogP contribution < -0.4 is 10.6 Å². The Morgan fingerprint density at radius 2 is 2.07 bits per heavy atom. The fraction of sp³-hybridized carbons (Fsp3) is 0.900. The molecule has 0 heterocycles. The zero-order valence-electron chi connectivity index (χ0n) is 10.2. The van der Waals surface area contributed by atoms with E-state index in [2.05, 4.69) is 36.6 Å². The second kappa shape index (κ2) is 8.88. The second-order valence-electron chi connectivity index (χ2n) is 3.80. The predicted molar refractivity (Wildman–Crippen MR) is 68.2 cm³/mol. The summed E-state index contributed by atoms with van der Waals surface area (Å²) in [6, 6.07) is 0.476. The summed E-state index contributed by atoms with van der Waals surface area (Å²) in [6.07, 6.45) is 0.974. The normalized spacial score (nSPS) is 12.6. The summed E-state index contributed by atoms with van der Waals surface area (Å²) in [6.45, 7) is 4.64. The minimum atomic E-state index is 0.476. The monoisotopic (exact) mass is 233 g/mol. The van der Waals surface area contributed by atoms with Crippen molar-refractivity contribution in [3.8, 4) is 0 Å². The van der Waals surface area contributed by atoms with Crippen LogP contribution in [0.15, 0.2) is 0 Å². The van der Waals surface area contributed by atoms with Crippen LogP contribution in [-0.4, -0.2) is 57.0 Å².